The lowest BCUT2D eigenvalue weighted by atomic mass is 10.1. The molecule has 0 saturated carbocycles. The number of ether oxygens (including phenoxy) is 1. The topological polar surface area (TPSA) is 59.5 Å². The molecular weight excluding hydrogens is 360 g/mol. The number of aromatic nitrogens is 1. The fraction of sp³-hybridized carbons (Fsp3) is 0.167. The Morgan fingerprint density at radius 1 is 1.04 bits per heavy atom. The van der Waals surface area contributed by atoms with Crippen LogP contribution < -0.4 is 4.74 Å². The fourth-order valence-electron chi connectivity index (χ4n) is 2.76. The van der Waals surface area contributed by atoms with Gasteiger partial charge in [0.25, 0.3) is 0 Å². The predicted molar refractivity (Wildman–Crippen MR) is 96.4 cm³/mol. The average Bonchev–Trinajstić information content (AvgIpc) is 2.58. The van der Waals surface area contributed by atoms with Crippen LogP contribution >= 0.6 is 11.6 Å². The maximum absolute atomic E-state index is 12.8. The van der Waals surface area contributed by atoms with Crippen LogP contribution in [0.1, 0.15) is 0 Å². The maximum Gasteiger partial charge on any atom is 0.243 e. The van der Waals surface area contributed by atoms with Gasteiger partial charge in [-0.05, 0) is 35.0 Å². The first kappa shape index (κ1) is 16.3. The van der Waals surface area contributed by atoms with E-state index in [0.717, 1.165) is 10.8 Å². The second kappa shape index (κ2) is 6.29. The van der Waals surface area contributed by atoms with Gasteiger partial charge in [0, 0.05) is 6.20 Å². The van der Waals surface area contributed by atoms with E-state index in [4.69, 9.17) is 16.3 Å². The number of nitrogens with zero attached hydrogens (tertiary/aromatic N) is 2. The molecule has 0 aliphatic carbocycles. The summed E-state index contributed by atoms with van der Waals surface area (Å²) in [6, 6.07) is 16.2. The Hall–Kier alpha value is -2.15. The van der Waals surface area contributed by atoms with E-state index in [1.54, 1.807) is 30.5 Å². The SMILES string of the molecule is O=S(=O)(c1ccc2ccccc2c1)N1CC(Oc2ncccc2Cl)C1. The third kappa shape index (κ3) is 3.08. The van der Waals surface area contributed by atoms with Crippen molar-refractivity contribution in [2.75, 3.05) is 13.1 Å². The van der Waals surface area contributed by atoms with E-state index in [-0.39, 0.29) is 19.2 Å². The summed E-state index contributed by atoms with van der Waals surface area (Å²) in [5.74, 6) is 0.330. The van der Waals surface area contributed by atoms with Crippen molar-refractivity contribution in [2.45, 2.75) is 11.0 Å². The highest BCUT2D eigenvalue weighted by atomic mass is 35.5. The number of hydrogen-bond donors (Lipinski definition) is 0. The highest BCUT2D eigenvalue weighted by Crippen LogP contribution is 2.28. The van der Waals surface area contributed by atoms with Crippen molar-refractivity contribution in [1.29, 1.82) is 0 Å². The van der Waals surface area contributed by atoms with Crippen LogP contribution in [0.15, 0.2) is 65.7 Å². The maximum atomic E-state index is 12.8. The summed E-state index contributed by atoms with van der Waals surface area (Å²) in [6.45, 7) is 0.560. The molecule has 1 saturated heterocycles. The molecule has 0 radical (unpaired) electrons. The highest BCUT2D eigenvalue weighted by Gasteiger charge is 2.38. The molecule has 2 heterocycles. The fourth-order valence-corrected chi connectivity index (χ4v) is 4.47. The summed E-state index contributed by atoms with van der Waals surface area (Å²) in [5, 5.41) is 2.33. The quantitative estimate of drug-likeness (QED) is 0.702. The summed E-state index contributed by atoms with van der Waals surface area (Å²) >= 11 is 6.01. The van der Waals surface area contributed by atoms with Gasteiger partial charge in [0.1, 0.15) is 11.1 Å². The van der Waals surface area contributed by atoms with Gasteiger partial charge in [-0.15, -0.1) is 0 Å². The zero-order valence-corrected chi connectivity index (χ0v) is 14.7. The summed E-state index contributed by atoms with van der Waals surface area (Å²) in [5.41, 5.74) is 0. The van der Waals surface area contributed by atoms with Crippen molar-refractivity contribution in [3.63, 3.8) is 0 Å². The molecule has 0 spiro atoms. The lowest BCUT2D eigenvalue weighted by Crippen LogP contribution is -2.56. The van der Waals surface area contributed by atoms with Crippen LogP contribution in [0.4, 0.5) is 0 Å². The minimum Gasteiger partial charge on any atom is -0.470 e. The van der Waals surface area contributed by atoms with Gasteiger partial charge in [0.2, 0.25) is 15.9 Å². The Morgan fingerprint density at radius 2 is 1.80 bits per heavy atom. The lowest BCUT2D eigenvalue weighted by Gasteiger charge is -2.37. The van der Waals surface area contributed by atoms with Gasteiger partial charge in [-0.2, -0.15) is 4.31 Å². The first-order chi connectivity index (χ1) is 12.0. The molecule has 0 N–H and O–H groups in total. The van der Waals surface area contributed by atoms with Crippen LogP contribution in [0, 0.1) is 0 Å². The van der Waals surface area contributed by atoms with E-state index in [1.807, 2.05) is 30.3 Å². The molecule has 1 aliphatic rings. The Morgan fingerprint density at radius 3 is 2.56 bits per heavy atom. The second-order valence-electron chi connectivity index (χ2n) is 5.86. The normalized spacial score (nSPS) is 15.9. The van der Waals surface area contributed by atoms with Crippen LogP contribution in [0.25, 0.3) is 10.8 Å². The first-order valence-corrected chi connectivity index (χ1v) is 9.62. The lowest BCUT2D eigenvalue weighted by molar-refractivity contribution is 0.0722. The largest absolute Gasteiger partial charge is 0.470 e. The van der Waals surface area contributed by atoms with Gasteiger partial charge in [0.05, 0.1) is 18.0 Å². The van der Waals surface area contributed by atoms with E-state index < -0.39 is 10.0 Å². The van der Waals surface area contributed by atoms with Gasteiger partial charge in [-0.25, -0.2) is 13.4 Å². The van der Waals surface area contributed by atoms with E-state index in [1.165, 1.54) is 4.31 Å². The van der Waals surface area contributed by atoms with Crippen LogP contribution in [0.2, 0.25) is 5.02 Å². The molecule has 5 nitrogen and oxygen atoms in total. The average molecular weight is 375 g/mol. The van der Waals surface area contributed by atoms with Crippen LogP contribution in [0.5, 0.6) is 5.88 Å². The van der Waals surface area contributed by atoms with Crippen LogP contribution in [-0.2, 0) is 10.0 Å². The Labute approximate surface area is 150 Å². The smallest absolute Gasteiger partial charge is 0.243 e. The van der Waals surface area contributed by atoms with Gasteiger partial charge in [0.15, 0.2) is 0 Å². The minimum absolute atomic E-state index is 0.248. The minimum atomic E-state index is -3.53. The van der Waals surface area contributed by atoms with Crippen molar-refractivity contribution >= 4 is 32.4 Å². The van der Waals surface area contributed by atoms with Crippen molar-refractivity contribution < 1.29 is 13.2 Å². The van der Waals surface area contributed by atoms with Crippen molar-refractivity contribution in [3.8, 4) is 5.88 Å². The number of hydrogen-bond acceptors (Lipinski definition) is 4. The van der Waals surface area contributed by atoms with Crippen molar-refractivity contribution in [3.05, 3.63) is 65.8 Å². The van der Waals surface area contributed by atoms with Crippen molar-refractivity contribution in [2.24, 2.45) is 0 Å². The molecule has 128 valence electrons. The van der Waals surface area contributed by atoms with Crippen LogP contribution in [0.3, 0.4) is 0 Å². The van der Waals surface area contributed by atoms with E-state index in [0.29, 0.717) is 15.8 Å². The third-order valence-corrected chi connectivity index (χ3v) is 6.29. The zero-order chi connectivity index (χ0) is 17.4. The Bertz CT molecular complexity index is 1030. The Kier molecular flexibility index (Phi) is 4.11. The summed E-state index contributed by atoms with van der Waals surface area (Å²) in [7, 11) is -3.53. The molecule has 2 aromatic carbocycles. The molecular formula is C18H15ClN2O3S. The molecule has 0 bridgehead atoms. The molecule has 0 amide bonds. The number of rotatable bonds is 4. The molecule has 1 aliphatic heterocycles. The van der Waals surface area contributed by atoms with E-state index >= 15 is 0 Å². The number of pyridine rings is 1. The third-order valence-electron chi connectivity index (χ3n) is 4.18. The standard InChI is InChI=1S/C18H15ClN2O3S/c19-17-6-3-9-20-18(17)24-15-11-21(12-15)25(22,23)16-8-7-13-4-1-2-5-14(13)10-16/h1-10,15H,11-12H2. The van der Waals surface area contributed by atoms with Gasteiger partial charge >= 0.3 is 0 Å². The van der Waals surface area contributed by atoms with Gasteiger partial charge in [-0.3, -0.25) is 0 Å². The van der Waals surface area contributed by atoms with Crippen LogP contribution in [-0.4, -0.2) is 36.9 Å². The van der Waals surface area contributed by atoms with Gasteiger partial charge < -0.3 is 4.74 Å². The first-order valence-electron chi connectivity index (χ1n) is 7.80. The number of fused-ring (bicyclic) bond motifs is 1. The second-order valence-corrected chi connectivity index (χ2v) is 8.21. The van der Waals surface area contributed by atoms with Crippen molar-refractivity contribution in [1.82, 2.24) is 9.29 Å². The number of benzene rings is 2. The Balaban J connectivity index is 1.49. The predicted octanol–water partition coefficient (Wildman–Crippen LogP) is 3.34. The zero-order valence-electron chi connectivity index (χ0n) is 13.2. The molecule has 4 rings (SSSR count). The number of halogens is 1. The van der Waals surface area contributed by atoms with E-state index in [9.17, 15) is 8.42 Å². The van der Waals surface area contributed by atoms with E-state index in [2.05, 4.69) is 4.98 Å². The van der Waals surface area contributed by atoms with Gasteiger partial charge in [-0.1, -0.05) is 41.9 Å². The molecule has 1 aromatic heterocycles. The molecule has 7 heteroatoms. The highest BCUT2D eigenvalue weighted by molar-refractivity contribution is 7.89. The molecule has 1 fully saturated rings. The number of sulfonamides is 1. The monoisotopic (exact) mass is 374 g/mol. The molecule has 0 atom stereocenters. The summed E-state index contributed by atoms with van der Waals surface area (Å²) < 4.78 is 32.6. The molecule has 3 aromatic rings. The summed E-state index contributed by atoms with van der Waals surface area (Å²) in [4.78, 5) is 4.35. The summed E-state index contributed by atoms with van der Waals surface area (Å²) in [6.07, 6.45) is 1.34. The molecule has 0 unspecified atom stereocenters. The molecule has 25 heavy (non-hydrogen) atoms.